The molecule has 0 aliphatic heterocycles. The number of benzene rings is 1. The van der Waals surface area contributed by atoms with Crippen molar-refractivity contribution in [2.75, 3.05) is 0 Å². The number of carbonyl (C=O) groups is 1. The summed E-state index contributed by atoms with van der Waals surface area (Å²) >= 11 is 6.03. The van der Waals surface area contributed by atoms with E-state index in [2.05, 4.69) is 11.6 Å². The quantitative estimate of drug-likeness (QED) is 0.464. The number of esters is 1. The molecular formula is C13H10ClNO2. The highest BCUT2D eigenvalue weighted by Gasteiger charge is 2.11. The Morgan fingerprint density at radius 1 is 1.41 bits per heavy atom. The minimum absolute atomic E-state index is 0.337. The van der Waals surface area contributed by atoms with Gasteiger partial charge in [0.05, 0.1) is 5.02 Å². The minimum Gasteiger partial charge on any atom is -0.421 e. The molecule has 86 valence electrons. The first-order valence-corrected chi connectivity index (χ1v) is 5.38. The van der Waals surface area contributed by atoms with Crippen molar-refractivity contribution in [3.8, 4) is 5.75 Å². The summed E-state index contributed by atoms with van der Waals surface area (Å²) in [6, 6.07) is 6.90. The highest BCUT2D eigenvalue weighted by Crippen LogP contribution is 2.29. The SMILES string of the molecule is C=C(C)C(=O)Oc1ccc(Cl)c2cccnc12. The predicted molar refractivity (Wildman–Crippen MR) is 67.2 cm³/mol. The van der Waals surface area contributed by atoms with Crippen LogP contribution in [0.3, 0.4) is 0 Å². The Morgan fingerprint density at radius 2 is 2.18 bits per heavy atom. The molecule has 17 heavy (non-hydrogen) atoms. The maximum absolute atomic E-state index is 11.5. The molecule has 0 saturated carbocycles. The van der Waals surface area contributed by atoms with E-state index in [9.17, 15) is 4.79 Å². The van der Waals surface area contributed by atoms with E-state index in [1.165, 1.54) is 0 Å². The highest BCUT2D eigenvalue weighted by atomic mass is 35.5. The molecule has 0 unspecified atom stereocenters. The van der Waals surface area contributed by atoms with Crippen molar-refractivity contribution in [1.29, 1.82) is 0 Å². The van der Waals surface area contributed by atoms with Crippen LogP contribution in [-0.2, 0) is 4.79 Å². The van der Waals surface area contributed by atoms with Crippen molar-refractivity contribution < 1.29 is 9.53 Å². The van der Waals surface area contributed by atoms with Crippen LogP contribution in [0.1, 0.15) is 6.92 Å². The molecular weight excluding hydrogens is 238 g/mol. The molecule has 0 aliphatic carbocycles. The third-order valence-corrected chi connectivity index (χ3v) is 2.56. The summed E-state index contributed by atoms with van der Waals surface area (Å²) in [6.45, 7) is 5.12. The maximum Gasteiger partial charge on any atom is 0.338 e. The Morgan fingerprint density at radius 3 is 2.88 bits per heavy atom. The number of carbonyl (C=O) groups excluding carboxylic acids is 1. The number of halogens is 1. The summed E-state index contributed by atoms with van der Waals surface area (Å²) in [6.07, 6.45) is 1.62. The number of fused-ring (bicyclic) bond motifs is 1. The summed E-state index contributed by atoms with van der Waals surface area (Å²) in [5.74, 6) is -0.0859. The summed E-state index contributed by atoms with van der Waals surface area (Å²) in [5, 5.41) is 1.32. The van der Waals surface area contributed by atoms with E-state index in [-0.39, 0.29) is 0 Å². The Kier molecular flexibility index (Phi) is 3.11. The Balaban J connectivity index is 2.52. The zero-order valence-corrected chi connectivity index (χ0v) is 9.99. The van der Waals surface area contributed by atoms with Crippen LogP contribution < -0.4 is 4.74 Å². The van der Waals surface area contributed by atoms with E-state index in [1.807, 2.05) is 6.07 Å². The fraction of sp³-hybridized carbons (Fsp3) is 0.0769. The number of hydrogen-bond acceptors (Lipinski definition) is 3. The lowest BCUT2D eigenvalue weighted by Gasteiger charge is -2.07. The third-order valence-electron chi connectivity index (χ3n) is 2.23. The van der Waals surface area contributed by atoms with Gasteiger partial charge in [0.15, 0.2) is 5.75 Å². The van der Waals surface area contributed by atoms with Crippen LogP contribution in [0, 0.1) is 0 Å². The average molecular weight is 248 g/mol. The second-order valence-corrected chi connectivity index (χ2v) is 4.02. The number of rotatable bonds is 2. The summed E-state index contributed by atoms with van der Waals surface area (Å²) in [7, 11) is 0. The topological polar surface area (TPSA) is 39.2 Å². The summed E-state index contributed by atoms with van der Waals surface area (Å²) in [5.41, 5.74) is 0.902. The van der Waals surface area contributed by atoms with E-state index < -0.39 is 5.97 Å². The number of hydrogen-bond donors (Lipinski definition) is 0. The molecule has 0 bridgehead atoms. The van der Waals surface area contributed by atoms with E-state index in [1.54, 1.807) is 31.3 Å². The van der Waals surface area contributed by atoms with Gasteiger partial charge in [-0.15, -0.1) is 0 Å². The smallest absolute Gasteiger partial charge is 0.338 e. The second kappa shape index (κ2) is 4.55. The standard InChI is InChI=1S/C13H10ClNO2/c1-8(2)13(16)17-11-6-5-10(14)9-4-3-7-15-12(9)11/h3-7H,1H2,2H3. The van der Waals surface area contributed by atoms with Gasteiger partial charge in [0, 0.05) is 17.2 Å². The zero-order valence-electron chi connectivity index (χ0n) is 9.24. The second-order valence-electron chi connectivity index (χ2n) is 3.61. The molecule has 2 rings (SSSR count). The highest BCUT2D eigenvalue weighted by molar-refractivity contribution is 6.35. The molecule has 1 heterocycles. The molecule has 1 aromatic carbocycles. The molecule has 4 heteroatoms. The van der Waals surface area contributed by atoms with E-state index >= 15 is 0 Å². The van der Waals surface area contributed by atoms with Crippen molar-refractivity contribution in [3.63, 3.8) is 0 Å². The lowest BCUT2D eigenvalue weighted by Crippen LogP contribution is -2.08. The molecule has 0 N–H and O–H groups in total. The molecule has 1 aromatic heterocycles. The monoisotopic (exact) mass is 247 g/mol. The van der Waals surface area contributed by atoms with E-state index in [0.717, 1.165) is 5.39 Å². The average Bonchev–Trinajstić information content (AvgIpc) is 2.33. The van der Waals surface area contributed by atoms with Crippen LogP contribution in [0.2, 0.25) is 5.02 Å². The number of aromatic nitrogens is 1. The van der Waals surface area contributed by atoms with Crippen LogP contribution in [-0.4, -0.2) is 11.0 Å². The first-order chi connectivity index (χ1) is 8.09. The van der Waals surface area contributed by atoms with Crippen molar-refractivity contribution in [2.45, 2.75) is 6.92 Å². The molecule has 3 nitrogen and oxygen atoms in total. The van der Waals surface area contributed by atoms with Gasteiger partial charge < -0.3 is 4.74 Å². The minimum atomic E-state index is -0.473. The fourth-order valence-corrected chi connectivity index (χ4v) is 1.60. The Labute approximate surface area is 104 Å². The molecule has 2 aromatic rings. The largest absolute Gasteiger partial charge is 0.421 e. The van der Waals surface area contributed by atoms with E-state index in [0.29, 0.717) is 21.9 Å². The van der Waals surface area contributed by atoms with E-state index in [4.69, 9.17) is 16.3 Å². The Bertz CT molecular complexity index is 607. The van der Waals surface area contributed by atoms with Gasteiger partial charge >= 0.3 is 5.97 Å². The maximum atomic E-state index is 11.5. The number of nitrogens with zero attached hydrogens (tertiary/aromatic N) is 1. The van der Waals surface area contributed by atoms with Gasteiger partial charge in [0.1, 0.15) is 5.52 Å². The molecule has 0 amide bonds. The van der Waals surface area contributed by atoms with Gasteiger partial charge in [0.25, 0.3) is 0 Å². The fourth-order valence-electron chi connectivity index (χ4n) is 1.38. The van der Waals surface area contributed by atoms with Crippen molar-refractivity contribution in [3.05, 3.63) is 47.6 Å². The molecule has 0 atom stereocenters. The molecule has 0 saturated heterocycles. The van der Waals surface area contributed by atoms with Gasteiger partial charge in [-0.2, -0.15) is 0 Å². The number of pyridine rings is 1. The first kappa shape index (κ1) is 11.6. The lowest BCUT2D eigenvalue weighted by atomic mass is 10.2. The molecule has 0 fully saturated rings. The number of ether oxygens (including phenoxy) is 1. The molecule has 0 spiro atoms. The van der Waals surface area contributed by atoms with Gasteiger partial charge in [0.2, 0.25) is 0 Å². The zero-order chi connectivity index (χ0) is 12.4. The summed E-state index contributed by atoms with van der Waals surface area (Å²) in [4.78, 5) is 15.6. The first-order valence-electron chi connectivity index (χ1n) is 5.00. The van der Waals surface area contributed by atoms with Gasteiger partial charge in [-0.1, -0.05) is 18.2 Å². The molecule has 0 radical (unpaired) electrons. The van der Waals surface area contributed by atoms with Crippen molar-refractivity contribution >= 4 is 28.5 Å². The third kappa shape index (κ3) is 2.29. The van der Waals surface area contributed by atoms with Gasteiger partial charge in [-0.25, -0.2) is 4.79 Å². The van der Waals surface area contributed by atoms with Crippen molar-refractivity contribution in [2.24, 2.45) is 0 Å². The lowest BCUT2D eigenvalue weighted by molar-refractivity contribution is -0.129. The van der Waals surface area contributed by atoms with Crippen LogP contribution >= 0.6 is 11.6 Å². The Hall–Kier alpha value is -1.87. The van der Waals surface area contributed by atoms with Crippen LogP contribution in [0.5, 0.6) is 5.75 Å². The van der Waals surface area contributed by atoms with Crippen LogP contribution in [0.25, 0.3) is 10.9 Å². The van der Waals surface area contributed by atoms with Crippen LogP contribution in [0.15, 0.2) is 42.6 Å². The normalized spacial score (nSPS) is 10.2. The van der Waals surface area contributed by atoms with Gasteiger partial charge in [-0.3, -0.25) is 4.98 Å². The predicted octanol–water partition coefficient (Wildman–Crippen LogP) is 3.37. The molecule has 0 aliphatic rings. The summed E-state index contributed by atoms with van der Waals surface area (Å²) < 4.78 is 5.18. The van der Waals surface area contributed by atoms with Crippen LogP contribution in [0.4, 0.5) is 0 Å². The van der Waals surface area contributed by atoms with Crippen molar-refractivity contribution in [1.82, 2.24) is 4.98 Å². The van der Waals surface area contributed by atoms with Gasteiger partial charge in [-0.05, 0) is 31.2 Å².